The highest BCUT2D eigenvalue weighted by molar-refractivity contribution is 6.11. The zero-order valence-electron chi connectivity index (χ0n) is 12.7. The molecule has 5 heteroatoms. The van der Waals surface area contributed by atoms with E-state index in [0.29, 0.717) is 28.9 Å². The van der Waals surface area contributed by atoms with Gasteiger partial charge in [-0.3, -0.25) is 9.59 Å². The highest BCUT2D eigenvalue weighted by Gasteiger charge is 2.46. The second kappa shape index (κ2) is 5.19. The summed E-state index contributed by atoms with van der Waals surface area (Å²) in [5.41, 5.74) is 2.29. The molecule has 1 aliphatic carbocycles. The third-order valence-electron chi connectivity index (χ3n) is 3.96. The number of aryl methyl sites for hydroxylation is 1. The van der Waals surface area contributed by atoms with Gasteiger partial charge in [-0.1, -0.05) is 24.3 Å². The minimum absolute atomic E-state index is 0.223. The van der Waals surface area contributed by atoms with Gasteiger partial charge in [0.1, 0.15) is 0 Å². The van der Waals surface area contributed by atoms with Crippen LogP contribution in [0.2, 0.25) is 0 Å². The first-order valence-corrected chi connectivity index (χ1v) is 7.13. The van der Waals surface area contributed by atoms with Crippen molar-refractivity contribution in [2.75, 3.05) is 13.7 Å². The molecular formula is C17H17NO4. The number of rotatable bonds is 3. The molecule has 22 heavy (non-hydrogen) atoms. The van der Waals surface area contributed by atoms with Crippen molar-refractivity contribution in [1.29, 1.82) is 0 Å². The Bertz CT molecular complexity index is 809. The van der Waals surface area contributed by atoms with Gasteiger partial charge < -0.3 is 14.5 Å². The van der Waals surface area contributed by atoms with Crippen LogP contribution in [0.5, 0.6) is 0 Å². The largest absolute Gasteiger partial charge is 0.345 e. The van der Waals surface area contributed by atoms with Crippen molar-refractivity contribution in [2.24, 2.45) is 0 Å². The van der Waals surface area contributed by atoms with Crippen LogP contribution >= 0.6 is 0 Å². The highest BCUT2D eigenvalue weighted by Crippen LogP contribution is 2.43. The number of nitrogens with one attached hydrogen (secondary N) is 1. The minimum atomic E-state index is -1.19. The van der Waals surface area contributed by atoms with Crippen LogP contribution in [0.4, 0.5) is 0 Å². The van der Waals surface area contributed by atoms with Crippen LogP contribution in [0.25, 0.3) is 0 Å². The standard InChI is InChI=1S/C17H17NO4/c1-4-22-17(21-3)12-8-6-5-7-11(12)16(20)15-14(17)10(2)9-13(19)18-15/h5-9H,4H2,1-3H3,(H,18,19). The molecule has 114 valence electrons. The number of fused-ring (bicyclic) bond motifs is 2. The van der Waals surface area contributed by atoms with Crippen LogP contribution in [0.1, 0.15) is 39.7 Å². The maximum absolute atomic E-state index is 12.7. The molecule has 0 amide bonds. The van der Waals surface area contributed by atoms with E-state index in [1.165, 1.54) is 13.2 Å². The number of pyridine rings is 1. The molecule has 0 aliphatic heterocycles. The Kier molecular flexibility index (Phi) is 3.47. The van der Waals surface area contributed by atoms with Crippen LogP contribution in [-0.4, -0.2) is 24.5 Å². The van der Waals surface area contributed by atoms with E-state index in [4.69, 9.17) is 9.47 Å². The summed E-state index contributed by atoms with van der Waals surface area (Å²) in [5.74, 6) is -1.41. The lowest BCUT2D eigenvalue weighted by molar-refractivity contribution is -0.200. The fraction of sp³-hybridized carbons (Fsp3) is 0.294. The van der Waals surface area contributed by atoms with Crippen LogP contribution in [0.15, 0.2) is 35.1 Å². The first-order valence-electron chi connectivity index (χ1n) is 7.13. The van der Waals surface area contributed by atoms with E-state index in [2.05, 4.69) is 4.98 Å². The van der Waals surface area contributed by atoms with Gasteiger partial charge in [-0.2, -0.15) is 0 Å². The molecule has 1 N–H and O–H groups in total. The Balaban J connectivity index is 2.44. The summed E-state index contributed by atoms with van der Waals surface area (Å²) in [5, 5.41) is 0. The zero-order chi connectivity index (χ0) is 15.9. The van der Waals surface area contributed by atoms with E-state index in [0.717, 1.165) is 0 Å². The summed E-state index contributed by atoms with van der Waals surface area (Å²) in [6.45, 7) is 4.04. The smallest absolute Gasteiger partial charge is 0.248 e. The number of ether oxygens (including phenoxy) is 2. The van der Waals surface area contributed by atoms with E-state index in [9.17, 15) is 9.59 Å². The average molecular weight is 299 g/mol. The zero-order valence-corrected chi connectivity index (χ0v) is 12.7. The normalized spacial score (nSPS) is 19.7. The number of ketones is 1. The molecule has 0 bridgehead atoms. The predicted molar refractivity (Wildman–Crippen MR) is 81.1 cm³/mol. The lowest BCUT2D eigenvalue weighted by Crippen LogP contribution is -2.42. The molecule has 1 atom stereocenters. The van der Waals surface area contributed by atoms with Crippen LogP contribution in [-0.2, 0) is 15.3 Å². The molecule has 1 aromatic carbocycles. The Morgan fingerprint density at radius 1 is 1.23 bits per heavy atom. The number of H-pyrrole nitrogens is 1. The van der Waals surface area contributed by atoms with E-state index < -0.39 is 5.79 Å². The molecule has 1 unspecified atom stereocenters. The van der Waals surface area contributed by atoms with Gasteiger partial charge in [0.05, 0.1) is 5.69 Å². The first-order chi connectivity index (χ1) is 10.5. The molecule has 1 aromatic heterocycles. The van der Waals surface area contributed by atoms with Crippen molar-refractivity contribution in [3.8, 4) is 0 Å². The molecular weight excluding hydrogens is 282 g/mol. The molecule has 0 spiro atoms. The highest BCUT2D eigenvalue weighted by atomic mass is 16.7. The third-order valence-corrected chi connectivity index (χ3v) is 3.96. The van der Waals surface area contributed by atoms with Crippen LogP contribution in [0, 0.1) is 6.92 Å². The molecule has 1 heterocycles. The van der Waals surface area contributed by atoms with E-state index in [1.807, 2.05) is 19.1 Å². The number of hydrogen-bond acceptors (Lipinski definition) is 4. The fourth-order valence-corrected chi connectivity index (χ4v) is 3.14. The fourth-order valence-electron chi connectivity index (χ4n) is 3.14. The topological polar surface area (TPSA) is 68.4 Å². The maximum atomic E-state index is 12.7. The van der Waals surface area contributed by atoms with Gasteiger partial charge in [-0.05, 0) is 19.4 Å². The van der Waals surface area contributed by atoms with Gasteiger partial charge >= 0.3 is 0 Å². The number of carbonyl (C=O) groups is 1. The molecule has 0 fully saturated rings. The number of methoxy groups -OCH3 is 1. The van der Waals surface area contributed by atoms with Crippen molar-refractivity contribution in [2.45, 2.75) is 19.6 Å². The van der Waals surface area contributed by atoms with Gasteiger partial charge in [0.15, 0.2) is 0 Å². The van der Waals surface area contributed by atoms with Crippen molar-refractivity contribution in [3.05, 3.63) is 68.6 Å². The number of aromatic nitrogens is 1. The first kappa shape index (κ1) is 14.7. The second-order valence-corrected chi connectivity index (χ2v) is 5.20. The van der Waals surface area contributed by atoms with E-state index >= 15 is 0 Å². The summed E-state index contributed by atoms with van der Waals surface area (Å²) in [6, 6.07) is 8.60. The van der Waals surface area contributed by atoms with Gasteiger partial charge in [0.2, 0.25) is 17.1 Å². The lowest BCUT2D eigenvalue weighted by atomic mass is 9.81. The van der Waals surface area contributed by atoms with Crippen LogP contribution < -0.4 is 5.56 Å². The van der Waals surface area contributed by atoms with Gasteiger partial charge in [-0.15, -0.1) is 0 Å². The number of aromatic amines is 1. The number of carbonyl (C=O) groups excluding carboxylic acids is 1. The number of benzene rings is 1. The quantitative estimate of drug-likeness (QED) is 0.881. The summed E-state index contributed by atoms with van der Waals surface area (Å²) >= 11 is 0. The molecule has 0 saturated carbocycles. The summed E-state index contributed by atoms with van der Waals surface area (Å²) in [6.07, 6.45) is 0. The van der Waals surface area contributed by atoms with Crippen LogP contribution in [0.3, 0.4) is 0 Å². The molecule has 2 aromatic rings. The minimum Gasteiger partial charge on any atom is -0.345 e. The summed E-state index contributed by atoms with van der Waals surface area (Å²) in [7, 11) is 1.54. The summed E-state index contributed by atoms with van der Waals surface area (Å²) in [4.78, 5) is 27.2. The van der Waals surface area contributed by atoms with Gasteiger partial charge in [0, 0.05) is 36.5 Å². The molecule has 5 nitrogen and oxygen atoms in total. The SMILES string of the molecule is CCOC1(OC)c2ccccc2C(=O)c2[nH]c(=O)cc(C)c21. The predicted octanol–water partition coefficient (Wildman–Crippen LogP) is 2.11. The van der Waals surface area contributed by atoms with Crippen molar-refractivity contribution < 1.29 is 14.3 Å². The average Bonchev–Trinajstić information content (AvgIpc) is 2.51. The second-order valence-electron chi connectivity index (χ2n) is 5.20. The lowest BCUT2D eigenvalue weighted by Gasteiger charge is -2.38. The van der Waals surface area contributed by atoms with E-state index in [1.54, 1.807) is 19.1 Å². The molecule has 0 radical (unpaired) electrons. The van der Waals surface area contributed by atoms with E-state index in [-0.39, 0.29) is 17.0 Å². The van der Waals surface area contributed by atoms with Gasteiger partial charge in [-0.25, -0.2) is 0 Å². The monoisotopic (exact) mass is 299 g/mol. The maximum Gasteiger partial charge on any atom is 0.248 e. The Morgan fingerprint density at radius 3 is 2.64 bits per heavy atom. The van der Waals surface area contributed by atoms with Gasteiger partial charge in [0.25, 0.3) is 0 Å². The Morgan fingerprint density at radius 2 is 1.95 bits per heavy atom. The molecule has 3 rings (SSSR count). The number of hydrogen-bond donors (Lipinski definition) is 1. The van der Waals surface area contributed by atoms with Crippen molar-refractivity contribution >= 4 is 5.78 Å². The summed E-state index contributed by atoms with van der Waals surface area (Å²) < 4.78 is 11.7. The third kappa shape index (κ3) is 1.86. The van der Waals surface area contributed by atoms with Crippen molar-refractivity contribution in [3.63, 3.8) is 0 Å². The Labute approximate surface area is 127 Å². The Hall–Kier alpha value is -2.24. The van der Waals surface area contributed by atoms with Crippen molar-refractivity contribution in [1.82, 2.24) is 4.98 Å². The molecule has 1 aliphatic rings. The molecule has 0 saturated heterocycles.